The SMILES string of the molecule is O=C1c2cc(OCC(F)(F)F)c(OCC(F)(F)F)cc2CC1CC1(F)CC2CCC(C1)N2Cc1ccccc1F. The van der Waals surface area contributed by atoms with Crippen molar-refractivity contribution in [2.75, 3.05) is 13.2 Å². The van der Waals surface area contributed by atoms with E-state index in [0.29, 0.717) is 12.1 Å². The van der Waals surface area contributed by atoms with Gasteiger partial charge in [-0.05, 0) is 62.3 Å². The molecular formula is C28H27F8NO3. The molecular weight excluding hydrogens is 550 g/mol. The van der Waals surface area contributed by atoms with Gasteiger partial charge in [-0.2, -0.15) is 26.3 Å². The van der Waals surface area contributed by atoms with Gasteiger partial charge in [0.1, 0.15) is 11.5 Å². The van der Waals surface area contributed by atoms with Gasteiger partial charge in [0, 0.05) is 35.7 Å². The molecule has 40 heavy (non-hydrogen) atoms. The van der Waals surface area contributed by atoms with Crippen molar-refractivity contribution in [1.29, 1.82) is 0 Å². The maximum Gasteiger partial charge on any atom is 0.422 e. The maximum atomic E-state index is 16.3. The van der Waals surface area contributed by atoms with Crippen LogP contribution in [0, 0.1) is 11.7 Å². The first-order valence-corrected chi connectivity index (χ1v) is 13.0. The largest absolute Gasteiger partial charge is 0.480 e. The van der Waals surface area contributed by atoms with Crippen molar-refractivity contribution in [3.63, 3.8) is 0 Å². The van der Waals surface area contributed by atoms with E-state index in [1.807, 2.05) is 0 Å². The number of Topliss-reactive ketones (excluding diaryl/α,β-unsaturated/α-hetero) is 1. The summed E-state index contributed by atoms with van der Waals surface area (Å²) >= 11 is 0. The Kier molecular flexibility index (Phi) is 7.52. The van der Waals surface area contributed by atoms with Crippen LogP contribution in [-0.4, -0.2) is 54.0 Å². The van der Waals surface area contributed by atoms with E-state index in [9.17, 15) is 35.5 Å². The molecule has 0 aromatic heterocycles. The number of hydrogen-bond donors (Lipinski definition) is 0. The first-order valence-electron chi connectivity index (χ1n) is 13.0. The number of hydrogen-bond acceptors (Lipinski definition) is 4. The number of carbonyl (C=O) groups excluding carboxylic acids is 1. The lowest BCUT2D eigenvalue weighted by Crippen LogP contribution is -2.49. The van der Waals surface area contributed by atoms with E-state index in [-0.39, 0.29) is 54.7 Å². The average Bonchev–Trinajstić information content (AvgIpc) is 3.28. The van der Waals surface area contributed by atoms with E-state index in [4.69, 9.17) is 4.74 Å². The highest BCUT2D eigenvalue weighted by Crippen LogP contribution is 2.48. The monoisotopic (exact) mass is 577 g/mol. The van der Waals surface area contributed by atoms with Crippen molar-refractivity contribution in [1.82, 2.24) is 4.90 Å². The Balaban J connectivity index is 1.30. The van der Waals surface area contributed by atoms with Crippen LogP contribution in [0.2, 0.25) is 0 Å². The molecule has 0 saturated carbocycles. The Hall–Kier alpha value is -2.89. The molecule has 0 radical (unpaired) electrons. The van der Waals surface area contributed by atoms with Crippen molar-refractivity contribution in [3.8, 4) is 11.5 Å². The lowest BCUT2D eigenvalue weighted by atomic mass is 9.79. The van der Waals surface area contributed by atoms with Crippen molar-refractivity contribution < 1.29 is 49.4 Å². The summed E-state index contributed by atoms with van der Waals surface area (Å²) in [4.78, 5) is 15.3. The number of benzene rings is 2. The third kappa shape index (κ3) is 6.37. The number of ether oxygens (including phenoxy) is 2. The molecule has 0 N–H and O–H groups in total. The standard InChI is InChI=1S/C28H27F8NO3/c29-22-4-2-1-3-16(22)13-37-19-5-6-20(37)12-26(30,11-19)10-18-7-17-8-23(39-14-27(31,32)33)24(9-21(17)25(18)38)40-15-28(34,35)36/h1-4,8-9,18-20H,5-7,10-15H2. The van der Waals surface area contributed by atoms with E-state index in [2.05, 4.69) is 9.64 Å². The lowest BCUT2D eigenvalue weighted by molar-refractivity contribution is -0.158. The number of alkyl halides is 7. The summed E-state index contributed by atoms with van der Waals surface area (Å²) in [5.74, 6) is -2.85. The fourth-order valence-electron chi connectivity index (χ4n) is 6.36. The van der Waals surface area contributed by atoms with Gasteiger partial charge in [0.05, 0.1) is 0 Å². The molecule has 4 nitrogen and oxygen atoms in total. The highest BCUT2D eigenvalue weighted by atomic mass is 19.4. The second-order valence-corrected chi connectivity index (χ2v) is 10.9. The molecule has 5 rings (SSSR count). The Labute approximate surface area is 225 Å². The van der Waals surface area contributed by atoms with Gasteiger partial charge in [-0.15, -0.1) is 0 Å². The van der Waals surface area contributed by atoms with Crippen LogP contribution in [-0.2, 0) is 13.0 Å². The molecule has 2 bridgehead atoms. The third-order valence-electron chi connectivity index (χ3n) is 7.95. The minimum absolute atomic E-state index is 0.00917. The molecule has 3 unspecified atom stereocenters. The van der Waals surface area contributed by atoms with E-state index in [1.54, 1.807) is 18.2 Å². The maximum absolute atomic E-state index is 16.3. The fourth-order valence-corrected chi connectivity index (χ4v) is 6.36. The van der Waals surface area contributed by atoms with Crippen LogP contribution < -0.4 is 9.47 Å². The van der Waals surface area contributed by atoms with E-state index in [1.165, 1.54) is 6.07 Å². The van der Waals surface area contributed by atoms with Gasteiger partial charge in [-0.25, -0.2) is 8.78 Å². The molecule has 12 heteroatoms. The van der Waals surface area contributed by atoms with Gasteiger partial charge in [0.2, 0.25) is 0 Å². The smallest absolute Gasteiger partial charge is 0.422 e. The third-order valence-corrected chi connectivity index (χ3v) is 7.95. The second kappa shape index (κ2) is 10.5. The quantitative estimate of drug-likeness (QED) is 0.317. The summed E-state index contributed by atoms with van der Waals surface area (Å²) in [5.41, 5.74) is -0.898. The zero-order valence-electron chi connectivity index (χ0n) is 21.3. The Morgan fingerprint density at radius 1 is 0.900 bits per heavy atom. The molecule has 2 heterocycles. The van der Waals surface area contributed by atoms with Crippen LogP contribution in [0.25, 0.3) is 0 Å². The first-order chi connectivity index (χ1) is 18.7. The number of piperidine rings is 1. The van der Waals surface area contributed by atoms with Gasteiger partial charge in [0.25, 0.3) is 0 Å². The van der Waals surface area contributed by atoms with Crippen LogP contribution in [0.15, 0.2) is 36.4 Å². The van der Waals surface area contributed by atoms with Crippen molar-refractivity contribution in [2.24, 2.45) is 5.92 Å². The van der Waals surface area contributed by atoms with Crippen molar-refractivity contribution >= 4 is 5.78 Å². The van der Waals surface area contributed by atoms with Gasteiger partial charge in [0.15, 0.2) is 30.5 Å². The predicted molar refractivity (Wildman–Crippen MR) is 128 cm³/mol. The molecule has 2 fully saturated rings. The Morgan fingerprint density at radius 2 is 1.48 bits per heavy atom. The van der Waals surface area contributed by atoms with Crippen molar-refractivity contribution in [3.05, 3.63) is 58.9 Å². The summed E-state index contributed by atoms with van der Waals surface area (Å²) in [6.07, 6.45) is -7.84. The number of fused-ring (bicyclic) bond motifs is 3. The summed E-state index contributed by atoms with van der Waals surface area (Å²) in [5, 5.41) is 0. The molecule has 2 aliphatic heterocycles. The molecule has 2 aromatic rings. The molecule has 218 valence electrons. The summed E-state index contributed by atoms with van der Waals surface area (Å²) < 4.78 is 116. The van der Waals surface area contributed by atoms with E-state index >= 15 is 4.39 Å². The number of rotatable bonds is 8. The Bertz CT molecular complexity index is 1250. The summed E-state index contributed by atoms with van der Waals surface area (Å²) in [6.45, 7) is -3.19. The van der Waals surface area contributed by atoms with Crippen LogP contribution >= 0.6 is 0 Å². The molecule has 3 atom stereocenters. The summed E-state index contributed by atoms with van der Waals surface area (Å²) in [6, 6.07) is 8.19. The van der Waals surface area contributed by atoms with Gasteiger partial charge >= 0.3 is 12.4 Å². The first kappa shape index (κ1) is 28.6. The number of carbonyl (C=O) groups is 1. The molecule has 3 aliphatic rings. The minimum atomic E-state index is -4.77. The minimum Gasteiger partial charge on any atom is -0.480 e. The number of ketones is 1. The highest BCUT2D eigenvalue weighted by Gasteiger charge is 2.51. The van der Waals surface area contributed by atoms with Crippen molar-refractivity contribution in [2.45, 2.75) is 75.2 Å². The molecule has 2 aromatic carbocycles. The summed E-state index contributed by atoms with van der Waals surface area (Å²) in [7, 11) is 0. The zero-order valence-corrected chi connectivity index (χ0v) is 21.3. The normalized spacial score (nSPS) is 26.7. The predicted octanol–water partition coefficient (Wildman–Crippen LogP) is 6.99. The molecule has 0 amide bonds. The molecule has 0 spiro atoms. The average molecular weight is 578 g/mol. The highest BCUT2D eigenvalue weighted by molar-refractivity contribution is 6.03. The number of nitrogens with zero attached hydrogens (tertiary/aromatic N) is 1. The fraction of sp³-hybridized carbons (Fsp3) is 0.536. The topological polar surface area (TPSA) is 38.8 Å². The van der Waals surface area contributed by atoms with Gasteiger partial charge in [-0.3, -0.25) is 9.69 Å². The zero-order chi connectivity index (χ0) is 28.9. The number of halogens is 8. The second-order valence-electron chi connectivity index (χ2n) is 10.9. The molecule has 1 aliphatic carbocycles. The van der Waals surface area contributed by atoms with Gasteiger partial charge in [-0.1, -0.05) is 18.2 Å². The van der Waals surface area contributed by atoms with E-state index < -0.39 is 54.4 Å². The molecule has 2 saturated heterocycles. The van der Waals surface area contributed by atoms with Crippen LogP contribution in [0.4, 0.5) is 35.1 Å². The van der Waals surface area contributed by atoms with Gasteiger partial charge < -0.3 is 9.47 Å². The van der Waals surface area contributed by atoms with Crippen LogP contribution in [0.1, 0.15) is 53.6 Å². The Morgan fingerprint density at radius 3 is 2.05 bits per heavy atom. The van der Waals surface area contributed by atoms with Crippen LogP contribution in [0.3, 0.4) is 0 Å². The van der Waals surface area contributed by atoms with Crippen LogP contribution in [0.5, 0.6) is 11.5 Å². The van der Waals surface area contributed by atoms with E-state index in [0.717, 1.165) is 25.0 Å². The lowest BCUT2D eigenvalue weighted by Gasteiger charge is -2.43.